The van der Waals surface area contributed by atoms with Crippen LogP contribution in [0.3, 0.4) is 0 Å². The number of benzene rings is 2. The van der Waals surface area contributed by atoms with Crippen LogP contribution in [0, 0.1) is 17.5 Å². The molecule has 0 aromatic heterocycles. The Morgan fingerprint density at radius 3 is 2.21 bits per heavy atom. The van der Waals surface area contributed by atoms with Gasteiger partial charge in [0.2, 0.25) is 0 Å². The Bertz CT molecular complexity index is 966. The Hall–Kier alpha value is -2.34. The first-order valence-corrected chi connectivity index (χ1v) is 9.01. The summed E-state index contributed by atoms with van der Waals surface area (Å²) >= 11 is 0. The Morgan fingerprint density at radius 2 is 1.62 bits per heavy atom. The number of halogens is 3. The molecule has 0 N–H and O–H groups in total. The second-order valence-electron chi connectivity index (χ2n) is 5.55. The first-order valence-electron chi connectivity index (χ1n) is 7.12. The van der Waals surface area contributed by atoms with Gasteiger partial charge in [-0.15, -0.1) is 0 Å². The van der Waals surface area contributed by atoms with Crippen molar-refractivity contribution in [2.45, 2.75) is 11.3 Å². The van der Waals surface area contributed by atoms with E-state index in [-0.39, 0.29) is 5.56 Å². The molecule has 1 aliphatic rings. The molecule has 24 heavy (non-hydrogen) atoms. The predicted molar refractivity (Wildman–Crippen MR) is 86.4 cm³/mol. The third-order valence-electron chi connectivity index (χ3n) is 3.78. The molecule has 2 nitrogen and oxygen atoms in total. The van der Waals surface area contributed by atoms with E-state index in [1.54, 1.807) is 24.3 Å². The van der Waals surface area contributed by atoms with Gasteiger partial charge in [0.05, 0.1) is 0 Å². The molecule has 0 spiro atoms. The lowest BCUT2D eigenvalue weighted by Gasteiger charge is -2.11. The van der Waals surface area contributed by atoms with Gasteiger partial charge in [0, 0.05) is 6.26 Å². The van der Waals surface area contributed by atoms with Crippen LogP contribution in [0.25, 0.3) is 11.1 Å². The van der Waals surface area contributed by atoms with Crippen LogP contribution >= 0.6 is 0 Å². The molecule has 0 unspecified atom stereocenters. The standard InChI is InChI=1S/C18H13F3O2S/c1-24(22,23)18-16(20)9-12(10-17(18)21)15-7-3-6-14(15)11-4-2-5-13(19)8-11/h2-6,8-10H,7H2,1H3. The fourth-order valence-electron chi connectivity index (χ4n) is 2.79. The summed E-state index contributed by atoms with van der Waals surface area (Å²) < 4.78 is 64.7. The van der Waals surface area contributed by atoms with Crippen LogP contribution in [-0.4, -0.2) is 14.7 Å². The number of sulfone groups is 1. The maximum absolute atomic E-state index is 14.1. The summed E-state index contributed by atoms with van der Waals surface area (Å²) in [6.45, 7) is 0. The van der Waals surface area contributed by atoms with Crippen LogP contribution in [0.2, 0.25) is 0 Å². The van der Waals surface area contributed by atoms with Gasteiger partial charge in [-0.05, 0) is 53.0 Å². The van der Waals surface area contributed by atoms with E-state index in [1.165, 1.54) is 12.1 Å². The second-order valence-corrected chi connectivity index (χ2v) is 7.50. The first kappa shape index (κ1) is 16.5. The van der Waals surface area contributed by atoms with Crippen LogP contribution in [0.4, 0.5) is 13.2 Å². The van der Waals surface area contributed by atoms with Crippen molar-refractivity contribution in [2.24, 2.45) is 0 Å². The summed E-state index contributed by atoms with van der Waals surface area (Å²) in [5.41, 5.74) is 2.09. The Kier molecular flexibility index (Phi) is 4.09. The predicted octanol–water partition coefficient (Wildman–Crippen LogP) is 4.38. The monoisotopic (exact) mass is 350 g/mol. The SMILES string of the molecule is CS(=O)(=O)c1c(F)cc(C2=C(c3cccc(F)c3)C=CC2)cc1F. The third kappa shape index (κ3) is 3.01. The van der Waals surface area contributed by atoms with Gasteiger partial charge in [0.1, 0.15) is 22.3 Å². The van der Waals surface area contributed by atoms with Gasteiger partial charge in [0.25, 0.3) is 0 Å². The van der Waals surface area contributed by atoms with E-state index in [4.69, 9.17) is 0 Å². The van der Waals surface area contributed by atoms with Gasteiger partial charge in [0.15, 0.2) is 9.84 Å². The van der Waals surface area contributed by atoms with Crippen molar-refractivity contribution in [1.82, 2.24) is 0 Å². The summed E-state index contributed by atoms with van der Waals surface area (Å²) in [5, 5.41) is 0. The molecule has 0 saturated heterocycles. The number of rotatable bonds is 3. The van der Waals surface area contributed by atoms with Crippen LogP contribution in [0.5, 0.6) is 0 Å². The molecule has 0 fully saturated rings. The molecule has 2 aromatic rings. The van der Waals surface area contributed by atoms with Crippen LogP contribution in [0.1, 0.15) is 17.5 Å². The van der Waals surface area contributed by atoms with Crippen molar-refractivity contribution >= 4 is 21.0 Å². The molecule has 124 valence electrons. The molecular weight excluding hydrogens is 337 g/mol. The quantitative estimate of drug-likeness (QED) is 0.823. The van der Waals surface area contributed by atoms with Crippen LogP contribution < -0.4 is 0 Å². The lowest BCUT2D eigenvalue weighted by molar-refractivity contribution is 0.520. The molecule has 0 atom stereocenters. The minimum atomic E-state index is -4.01. The van der Waals surface area contributed by atoms with E-state index in [1.807, 2.05) is 0 Å². The molecule has 2 aromatic carbocycles. The fourth-order valence-corrected chi connectivity index (χ4v) is 3.62. The highest BCUT2D eigenvalue weighted by atomic mass is 32.2. The highest BCUT2D eigenvalue weighted by Gasteiger charge is 2.23. The van der Waals surface area contributed by atoms with Gasteiger partial charge in [-0.3, -0.25) is 0 Å². The zero-order valence-electron chi connectivity index (χ0n) is 12.7. The largest absolute Gasteiger partial charge is 0.224 e. The van der Waals surface area contributed by atoms with Gasteiger partial charge in [-0.2, -0.15) is 0 Å². The Balaban J connectivity index is 2.17. The topological polar surface area (TPSA) is 34.1 Å². The van der Waals surface area contributed by atoms with Gasteiger partial charge < -0.3 is 0 Å². The second kappa shape index (κ2) is 5.94. The average molecular weight is 350 g/mol. The van der Waals surface area contributed by atoms with Crippen LogP contribution in [0.15, 0.2) is 53.4 Å². The minimum absolute atomic E-state index is 0.238. The molecule has 0 radical (unpaired) electrons. The zero-order chi connectivity index (χ0) is 17.5. The molecule has 0 bridgehead atoms. The average Bonchev–Trinajstić information content (AvgIpc) is 2.94. The van der Waals surface area contributed by atoms with Crippen molar-refractivity contribution in [3.63, 3.8) is 0 Å². The minimum Gasteiger partial charge on any atom is -0.224 e. The molecule has 6 heteroatoms. The molecular formula is C18H13F3O2S. The lowest BCUT2D eigenvalue weighted by Crippen LogP contribution is -2.05. The maximum atomic E-state index is 14.1. The smallest absolute Gasteiger partial charge is 0.181 e. The van der Waals surface area contributed by atoms with E-state index in [9.17, 15) is 21.6 Å². The maximum Gasteiger partial charge on any atom is 0.181 e. The summed E-state index contributed by atoms with van der Waals surface area (Å²) in [4.78, 5) is -0.940. The van der Waals surface area contributed by atoms with Gasteiger partial charge in [-0.25, -0.2) is 21.6 Å². The van der Waals surface area contributed by atoms with Gasteiger partial charge in [-0.1, -0.05) is 24.3 Å². The van der Waals surface area contributed by atoms with Crippen molar-refractivity contribution in [1.29, 1.82) is 0 Å². The van der Waals surface area contributed by atoms with Gasteiger partial charge >= 0.3 is 0 Å². The highest BCUT2D eigenvalue weighted by molar-refractivity contribution is 7.90. The summed E-state index contributed by atoms with van der Waals surface area (Å²) in [5.74, 6) is -2.68. The number of hydrogen-bond acceptors (Lipinski definition) is 2. The number of hydrogen-bond donors (Lipinski definition) is 0. The summed E-state index contributed by atoms with van der Waals surface area (Å²) in [7, 11) is -4.01. The molecule has 0 heterocycles. The number of allylic oxidation sites excluding steroid dienone is 4. The molecule has 1 aliphatic carbocycles. The van der Waals surface area contributed by atoms with Crippen molar-refractivity contribution in [3.8, 4) is 0 Å². The van der Waals surface area contributed by atoms with E-state index >= 15 is 0 Å². The van der Waals surface area contributed by atoms with Crippen molar-refractivity contribution in [2.75, 3.05) is 6.26 Å². The first-order chi connectivity index (χ1) is 11.3. The fraction of sp³-hybridized carbons (Fsp3) is 0.111. The van der Waals surface area contributed by atoms with E-state index < -0.39 is 32.2 Å². The molecule has 0 saturated carbocycles. The molecule has 0 aliphatic heterocycles. The van der Waals surface area contributed by atoms with E-state index in [0.29, 0.717) is 23.1 Å². The highest BCUT2D eigenvalue weighted by Crippen LogP contribution is 2.36. The summed E-state index contributed by atoms with van der Waals surface area (Å²) in [6.07, 6.45) is 4.73. The molecule has 0 amide bonds. The van der Waals surface area contributed by atoms with Crippen molar-refractivity contribution in [3.05, 3.63) is 77.1 Å². The lowest BCUT2D eigenvalue weighted by atomic mass is 9.96. The van der Waals surface area contributed by atoms with Crippen molar-refractivity contribution < 1.29 is 21.6 Å². The molecule has 3 rings (SSSR count). The van der Waals surface area contributed by atoms with E-state index in [0.717, 1.165) is 18.4 Å². The van der Waals surface area contributed by atoms with E-state index in [2.05, 4.69) is 0 Å². The normalized spacial score (nSPS) is 14.5. The van der Waals surface area contributed by atoms with Crippen LogP contribution in [-0.2, 0) is 9.84 Å². The Labute approximate surface area is 137 Å². The Morgan fingerprint density at radius 1 is 0.958 bits per heavy atom. The summed E-state index contributed by atoms with van der Waals surface area (Å²) in [6, 6.07) is 7.90. The zero-order valence-corrected chi connectivity index (χ0v) is 13.5. The third-order valence-corrected chi connectivity index (χ3v) is 4.92.